The van der Waals surface area contributed by atoms with Crippen LogP contribution in [-0.4, -0.2) is 55.0 Å². The van der Waals surface area contributed by atoms with Gasteiger partial charge in [-0.3, -0.25) is 9.69 Å². The van der Waals surface area contributed by atoms with E-state index in [1.54, 1.807) is 12.1 Å². The Hall–Kier alpha value is -1.46. The standard InChI is InChI=1S/C16H21FN2O2/c1-18(14-6-7-14)16(20)11-19-8-9-21-15(10-19)12-2-4-13(17)5-3-12/h2-5,14-15H,6-11H2,1H3/t15-/m0/s1. The summed E-state index contributed by atoms with van der Waals surface area (Å²) in [5, 5.41) is 0. The van der Waals surface area contributed by atoms with Gasteiger partial charge in [-0.2, -0.15) is 0 Å². The second-order valence-electron chi connectivity index (χ2n) is 5.88. The first kappa shape index (κ1) is 14.5. The highest BCUT2D eigenvalue weighted by Crippen LogP contribution is 2.26. The van der Waals surface area contributed by atoms with E-state index in [0.29, 0.717) is 25.7 Å². The molecule has 1 amide bonds. The van der Waals surface area contributed by atoms with Gasteiger partial charge < -0.3 is 9.64 Å². The maximum atomic E-state index is 13.0. The summed E-state index contributed by atoms with van der Waals surface area (Å²) < 4.78 is 18.7. The summed E-state index contributed by atoms with van der Waals surface area (Å²) in [5.41, 5.74) is 0.962. The zero-order valence-corrected chi connectivity index (χ0v) is 12.3. The highest BCUT2D eigenvalue weighted by molar-refractivity contribution is 5.78. The minimum atomic E-state index is -0.243. The summed E-state index contributed by atoms with van der Waals surface area (Å²) in [6.07, 6.45) is 2.17. The lowest BCUT2D eigenvalue weighted by molar-refractivity contribution is -0.133. The number of morpholine rings is 1. The van der Waals surface area contributed by atoms with E-state index in [2.05, 4.69) is 4.90 Å². The highest BCUT2D eigenvalue weighted by Gasteiger charge is 2.31. The van der Waals surface area contributed by atoms with Crippen LogP contribution in [0.1, 0.15) is 24.5 Å². The molecule has 3 rings (SSSR count). The van der Waals surface area contributed by atoms with Gasteiger partial charge in [0.15, 0.2) is 0 Å². The summed E-state index contributed by atoms with van der Waals surface area (Å²) in [6, 6.07) is 6.85. The van der Waals surface area contributed by atoms with Gasteiger partial charge in [0, 0.05) is 26.2 Å². The third-order valence-electron chi connectivity index (χ3n) is 4.24. The molecule has 0 spiro atoms. The Morgan fingerprint density at radius 1 is 1.38 bits per heavy atom. The van der Waals surface area contributed by atoms with Gasteiger partial charge in [0.2, 0.25) is 5.91 Å². The first-order valence-electron chi connectivity index (χ1n) is 7.48. The van der Waals surface area contributed by atoms with Crippen molar-refractivity contribution < 1.29 is 13.9 Å². The van der Waals surface area contributed by atoms with E-state index in [1.165, 1.54) is 12.1 Å². The predicted molar refractivity (Wildman–Crippen MR) is 77.3 cm³/mol. The Morgan fingerprint density at radius 3 is 2.76 bits per heavy atom. The van der Waals surface area contributed by atoms with Gasteiger partial charge in [0.1, 0.15) is 5.82 Å². The number of hydrogen-bond donors (Lipinski definition) is 0. The fourth-order valence-electron chi connectivity index (χ4n) is 2.69. The molecule has 0 unspecified atom stereocenters. The molecule has 1 aliphatic carbocycles. The van der Waals surface area contributed by atoms with Crippen molar-refractivity contribution in [3.63, 3.8) is 0 Å². The Morgan fingerprint density at radius 2 is 2.10 bits per heavy atom. The molecule has 0 aromatic heterocycles. The van der Waals surface area contributed by atoms with Crippen molar-refractivity contribution in [2.24, 2.45) is 0 Å². The summed E-state index contributed by atoms with van der Waals surface area (Å²) in [5.74, 6) is -0.0649. The molecule has 1 aliphatic heterocycles. The molecule has 2 fully saturated rings. The minimum absolute atomic E-state index is 0.0848. The number of ether oxygens (including phenoxy) is 1. The number of amides is 1. The van der Waals surface area contributed by atoms with Gasteiger partial charge in [-0.25, -0.2) is 4.39 Å². The van der Waals surface area contributed by atoms with Crippen molar-refractivity contribution in [2.45, 2.75) is 25.0 Å². The molecule has 0 N–H and O–H groups in total. The summed E-state index contributed by atoms with van der Waals surface area (Å²) in [7, 11) is 1.89. The van der Waals surface area contributed by atoms with Crippen LogP contribution in [0.4, 0.5) is 4.39 Å². The Kier molecular flexibility index (Phi) is 4.22. The topological polar surface area (TPSA) is 32.8 Å². The van der Waals surface area contributed by atoms with Crippen LogP contribution in [0.15, 0.2) is 24.3 Å². The van der Waals surface area contributed by atoms with Crippen LogP contribution in [0, 0.1) is 5.82 Å². The van der Waals surface area contributed by atoms with Crippen LogP contribution < -0.4 is 0 Å². The van der Waals surface area contributed by atoms with Crippen LogP contribution in [-0.2, 0) is 9.53 Å². The first-order valence-corrected chi connectivity index (χ1v) is 7.48. The number of likely N-dealkylation sites (N-methyl/N-ethyl adjacent to an activating group) is 1. The smallest absolute Gasteiger partial charge is 0.236 e. The Bertz CT molecular complexity index is 502. The van der Waals surface area contributed by atoms with Crippen molar-refractivity contribution in [3.05, 3.63) is 35.6 Å². The largest absolute Gasteiger partial charge is 0.371 e. The monoisotopic (exact) mass is 292 g/mol. The molecule has 114 valence electrons. The Balaban J connectivity index is 1.57. The molecule has 1 saturated heterocycles. The number of rotatable bonds is 4. The molecule has 1 saturated carbocycles. The van der Waals surface area contributed by atoms with Gasteiger partial charge in [-0.15, -0.1) is 0 Å². The first-order chi connectivity index (χ1) is 10.1. The van der Waals surface area contributed by atoms with Crippen LogP contribution in [0.25, 0.3) is 0 Å². The lowest BCUT2D eigenvalue weighted by Gasteiger charge is -2.33. The lowest BCUT2D eigenvalue weighted by atomic mass is 10.1. The minimum Gasteiger partial charge on any atom is -0.371 e. The van der Waals surface area contributed by atoms with Crippen molar-refractivity contribution in [2.75, 3.05) is 33.3 Å². The third-order valence-corrected chi connectivity index (χ3v) is 4.24. The maximum Gasteiger partial charge on any atom is 0.236 e. The molecule has 1 aromatic rings. The van der Waals surface area contributed by atoms with E-state index < -0.39 is 0 Å². The molecule has 1 heterocycles. The molecule has 21 heavy (non-hydrogen) atoms. The van der Waals surface area contributed by atoms with Crippen molar-refractivity contribution in [1.29, 1.82) is 0 Å². The summed E-state index contributed by atoms with van der Waals surface area (Å²) >= 11 is 0. The van der Waals surface area contributed by atoms with Crippen LogP contribution in [0.3, 0.4) is 0 Å². The maximum absolute atomic E-state index is 13.0. The second-order valence-corrected chi connectivity index (χ2v) is 5.88. The average Bonchev–Trinajstić information content (AvgIpc) is 3.32. The van der Waals surface area contributed by atoms with Gasteiger partial charge in [-0.05, 0) is 30.5 Å². The number of carbonyl (C=O) groups is 1. The van der Waals surface area contributed by atoms with Crippen LogP contribution >= 0.6 is 0 Å². The zero-order valence-electron chi connectivity index (χ0n) is 12.3. The highest BCUT2D eigenvalue weighted by atomic mass is 19.1. The van der Waals surface area contributed by atoms with E-state index in [-0.39, 0.29) is 17.8 Å². The van der Waals surface area contributed by atoms with Gasteiger partial charge >= 0.3 is 0 Å². The summed E-state index contributed by atoms with van der Waals surface area (Å²) in [4.78, 5) is 16.2. The van der Waals surface area contributed by atoms with E-state index in [0.717, 1.165) is 24.9 Å². The molecule has 5 heteroatoms. The average molecular weight is 292 g/mol. The number of benzene rings is 1. The predicted octanol–water partition coefficient (Wildman–Crippen LogP) is 1.82. The summed E-state index contributed by atoms with van der Waals surface area (Å²) in [6.45, 7) is 2.48. The van der Waals surface area contributed by atoms with E-state index in [9.17, 15) is 9.18 Å². The number of halogens is 1. The fraction of sp³-hybridized carbons (Fsp3) is 0.562. The SMILES string of the molecule is CN(C(=O)CN1CCO[C@H](c2ccc(F)cc2)C1)C1CC1. The number of nitrogens with zero attached hydrogens (tertiary/aromatic N) is 2. The van der Waals surface area contributed by atoms with Crippen molar-refractivity contribution >= 4 is 5.91 Å². The zero-order chi connectivity index (χ0) is 14.8. The van der Waals surface area contributed by atoms with Gasteiger partial charge in [0.25, 0.3) is 0 Å². The van der Waals surface area contributed by atoms with Crippen LogP contribution in [0.2, 0.25) is 0 Å². The van der Waals surface area contributed by atoms with Gasteiger partial charge in [0.05, 0.1) is 19.3 Å². The van der Waals surface area contributed by atoms with Crippen molar-refractivity contribution in [3.8, 4) is 0 Å². The van der Waals surface area contributed by atoms with Gasteiger partial charge in [-0.1, -0.05) is 12.1 Å². The van der Waals surface area contributed by atoms with E-state index >= 15 is 0 Å². The second kappa shape index (κ2) is 6.12. The molecule has 1 aromatic carbocycles. The fourth-order valence-corrected chi connectivity index (χ4v) is 2.69. The van der Waals surface area contributed by atoms with E-state index in [1.807, 2.05) is 11.9 Å². The lowest BCUT2D eigenvalue weighted by Crippen LogP contribution is -2.45. The molecule has 0 bridgehead atoms. The quantitative estimate of drug-likeness (QED) is 0.848. The third kappa shape index (κ3) is 3.60. The molecular weight excluding hydrogens is 271 g/mol. The number of hydrogen-bond acceptors (Lipinski definition) is 3. The molecule has 4 nitrogen and oxygen atoms in total. The Labute approximate surface area is 124 Å². The molecule has 0 radical (unpaired) electrons. The van der Waals surface area contributed by atoms with Crippen molar-refractivity contribution in [1.82, 2.24) is 9.80 Å². The molecule has 1 atom stereocenters. The molecule has 2 aliphatic rings. The van der Waals surface area contributed by atoms with E-state index in [4.69, 9.17) is 4.74 Å². The number of carbonyl (C=O) groups excluding carboxylic acids is 1. The normalized spacial score (nSPS) is 23.0. The molecular formula is C16H21FN2O2. The van der Waals surface area contributed by atoms with Crippen LogP contribution in [0.5, 0.6) is 0 Å².